The fourth-order valence-corrected chi connectivity index (χ4v) is 2.00. The lowest BCUT2D eigenvalue weighted by molar-refractivity contribution is -0.150. The molecule has 1 rings (SSSR count). The largest absolute Gasteiger partial charge is 0.480 e. The van der Waals surface area contributed by atoms with Crippen molar-refractivity contribution >= 4 is 17.8 Å². The summed E-state index contributed by atoms with van der Waals surface area (Å²) in [5.74, 6) is -2.68. The van der Waals surface area contributed by atoms with E-state index in [-0.39, 0.29) is 13.0 Å². The van der Waals surface area contributed by atoms with Crippen molar-refractivity contribution in [2.24, 2.45) is 5.92 Å². The summed E-state index contributed by atoms with van der Waals surface area (Å²) in [6.45, 7) is 4.00. The molecule has 0 unspecified atom stereocenters. The van der Waals surface area contributed by atoms with Gasteiger partial charge in [-0.3, -0.25) is 9.59 Å². The first-order valence-electron chi connectivity index (χ1n) is 6.77. The maximum absolute atomic E-state index is 11.8. The number of carbonyl (C=O) groups is 3. The highest BCUT2D eigenvalue weighted by Crippen LogP contribution is 2.14. The highest BCUT2D eigenvalue weighted by molar-refractivity contribution is 5.86. The highest BCUT2D eigenvalue weighted by atomic mass is 16.5. The summed E-state index contributed by atoms with van der Waals surface area (Å²) in [5, 5.41) is 11.5. The molecular weight excluding hydrogens is 266 g/mol. The van der Waals surface area contributed by atoms with E-state index in [1.165, 1.54) is 0 Å². The zero-order valence-electron chi connectivity index (χ0n) is 11.8. The summed E-state index contributed by atoms with van der Waals surface area (Å²) in [6, 6.07) is -1.12. The van der Waals surface area contributed by atoms with Crippen LogP contribution >= 0.6 is 0 Å². The third-order valence-corrected chi connectivity index (χ3v) is 3.11. The van der Waals surface area contributed by atoms with Gasteiger partial charge in [0.2, 0.25) is 5.91 Å². The van der Waals surface area contributed by atoms with Gasteiger partial charge in [0.05, 0.1) is 12.5 Å². The molecule has 1 amide bonds. The minimum atomic E-state index is -1.17. The van der Waals surface area contributed by atoms with Crippen molar-refractivity contribution in [3.05, 3.63) is 0 Å². The van der Waals surface area contributed by atoms with Gasteiger partial charge in [-0.15, -0.1) is 0 Å². The first kappa shape index (κ1) is 16.4. The van der Waals surface area contributed by atoms with E-state index in [2.05, 4.69) is 5.32 Å². The van der Waals surface area contributed by atoms with Crippen LogP contribution in [0.5, 0.6) is 0 Å². The van der Waals surface area contributed by atoms with Gasteiger partial charge in [0.15, 0.2) is 0 Å². The van der Waals surface area contributed by atoms with Crippen LogP contribution in [0.3, 0.4) is 0 Å². The Bertz CT molecular complexity index is 364. The van der Waals surface area contributed by atoms with E-state index in [9.17, 15) is 14.4 Å². The molecule has 0 radical (unpaired) electrons. The topological polar surface area (TPSA) is 102 Å². The molecule has 114 valence electrons. The summed E-state index contributed by atoms with van der Waals surface area (Å²) >= 11 is 0. The Labute approximate surface area is 117 Å². The van der Waals surface area contributed by atoms with Gasteiger partial charge in [-0.25, -0.2) is 4.79 Å². The van der Waals surface area contributed by atoms with Crippen LogP contribution in [0.4, 0.5) is 0 Å². The minimum Gasteiger partial charge on any atom is -0.480 e. The Balaban J connectivity index is 2.53. The molecule has 3 atom stereocenters. The van der Waals surface area contributed by atoms with E-state index in [4.69, 9.17) is 14.6 Å². The second kappa shape index (κ2) is 7.84. The van der Waals surface area contributed by atoms with Gasteiger partial charge < -0.3 is 19.9 Å². The van der Waals surface area contributed by atoms with Crippen LogP contribution in [0.25, 0.3) is 0 Å². The summed E-state index contributed by atoms with van der Waals surface area (Å²) in [5.41, 5.74) is 0. The maximum Gasteiger partial charge on any atom is 0.326 e. The SMILES string of the molecule is CCOC(=O)[C@@H](C)C[C@@H](NC(=O)[C@@H]1CCCO1)C(=O)O. The number of carboxylic acid groups (broad SMARTS) is 1. The van der Waals surface area contributed by atoms with Crippen LogP contribution in [0.1, 0.15) is 33.1 Å². The lowest BCUT2D eigenvalue weighted by Gasteiger charge is -2.19. The number of hydrogen-bond acceptors (Lipinski definition) is 5. The van der Waals surface area contributed by atoms with Crippen molar-refractivity contribution in [3.8, 4) is 0 Å². The van der Waals surface area contributed by atoms with E-state index >= 15 is 0 Å². The standard InChI is InChI=1S/C13H21NO6/c1-3-19-13(18)8(2)7-9(12(16)17)14-11(15)10-5-4-6-20-10/h8-10H,3-7H2,1-2H3,(H,14,15)(H,16,17)/t8-,9+,10-/m0/s1. The molecule has 0 aromatic rings. The molecule has 0 saturated carbocycles. The van der Waals surface area contributed by atoms with Crippen LogP contribution in [0, 0.1) is 5.92 Å². The summed E-state index contributed by atoms with van der Waals surface area (Å²) in [7, 11) is 0. The first-order valence-corrected chi connectivity index (χ1v) is 6.77. The maximum atomic E-state index is 11.8. The van der Waals surface area contributed by atoms with E-state index in [1.54, 1.807) is 13.8 Å². The quantitative estimate of drug-likeness (QED) is 0.654. The second-order valence-electron chi connectivity index (χ2n) is 4.79. The number of hydrogen-bond donors (Lipinski definition) is 2. The number of carboxylic acids is 1. The normalized spacial score (nSPS) is 21.0. The zero-order valence-corrected chi connectivity index (χ0v) is 11.8. The van der Waals surface area contributed by atoms with Crippen molar-refractivity contribution in [2.45, 2.75) is 45.3 Å². The zero-order chi connectivity index (χ0) is 15.1. The second-order valence-corrected chi connectivity index (χ2v) is 4.79. The summed E-state index contributed by atoms with van der Waals surface area (Å²) in [4.78, 5) is 34.5. The molecule has 1 aliphatic heterocycles. The number of amides is 1. The van der Waals surface area contributed by atoms with Gasteiger partial charge in [0.25, 0.3) is 0 Å². The number of carbonyl (C=O) groups excluding carboxylic acids is 2. The predicted molar refractivity (Wildman–Crippen MR) is 69.0 cm³/mol. The van der Waals surface area contributed by atoms with E-state index < -0.39 is 35.9 Å². The third kappa shape index (κ3) is 4.80. The number of rotatable bonds is 7. The molecular formula is C13H21NO6. The molecule has 0 bridgehead atoms. The number of aliphatic carboxylic acids is 1. The van der Waals surface area contributed by atoms with Gasteiger partial charge in [-0.2, -0.15) is 0 Å². The Morgan fingerprint density at radius 3 is 2.65 bits per heavy atom. The van der Waals surface area contributed by atoms with Crippen molar-refractivity contribution in [1.29, 1.82) is 0 Å². The van der Waals surface area contributed by atoms with Gasteiger partial charge >= 0.3 is 11.9 Å². The fourth-order valence-electron chi connectivity index (χ4n) is 2.00. The molecule has 0 aromatic carbocycles. The Kier molecular flexibility index (Phi) is 6.44. The van der Waals surface area contributed by atoms with E-state index in [1.807, 2.05) is 0 Å². The lowest BCUT2D eigenvalue weighted by Crippen LogP contribution is -2.46. The van der Waals surface area contributed by atoms with Crippen molar-refractivity contribution in [3.63, 3.8) is 0 Å². The Morgan fingerprint density at radius 1 is 1.45 bits per heavy atom. The Morgan fingerprint density at radius 2 is 2.15 bits per heavy atom. The number of esters is 1. The third-order valence-electron chi connectivity index (χ3n) is 3.11. The monoisotopic (exact) mass is 287 g/mol. The van der Waals surface area contributed by atoms with E-state index in [0.717, 1.165) is 6.42 Å². The van der Waals surface area contributed by atoms with Gasteiger partial charge in [0.1, 0.15) is 12.1 Å². The van der Waals surface area contributed by atoms with Crippen LogP contribution in [0.15, 0.2) is 0 Å². The average Bonchev–Trinajstić information content (AvgIpc) is 2.91. The van der Waals surface area contributed by atoms with Crippen molar-refractivity contribution in [1.82, 2.24) is 5.32 Å². The van der Waals surface area contributed by atoms with Gasteiger partial charge in [-0.05, 0) is 26.2 Å². The van der Waals surface area contributed by atoms with Crippen LogP contribution in [0.2, 0.25) is 0 Å². The Hall–Kier alpha value is -1.63. The van der Waals surface area contributed by atoms with Crippen molar-refractivity contribution in [2.75, 3.05) is 13.2 Å². The molecule has 1 saturated heterocycles. The number of nitrogens with one attached hydrogen (secondary N) is 1. The molecule has 7 nitrogen and oxygen atoms in total. The molecule has 1 fully saturated rings. The van der Waals surface area contributed by atoms with Crippen LogP contribution in [-0.2, 0) is 23.9 Å². The molecule has 0 aromatic heterocycles. The first-order chi connectivity index (χ1) is 9.45. The van der Waals surface area contributed by atoms with Crippen molar-refractivity contribution < 1.29 is 29.0 Å². The molecule has 20 heavy (non-hydrogen) atoms. The molecule has 1 aliphatic rings. The predicted octanol–water partition coefficient (Wildman–Crippen LogP) is 0.324. The average molecular weight is 287 g/mol. The fraction of sp³-hybridized carbons (Fsp3) is 0.769. The summed E-state index contributed by atoms with van der Waals surface area (Å²) in [6.07, 6.45) is 0.780. The molecule has 0 spiro atoms. The highest BCUT2D eigenvalue weighted by Gasteiger charge is 2.30. The molecule has 1 heterocycles. The minimum absolute atomic E-state index is 0.00731. The van der Waals surface area contributed by atoms with Crippen LogP contribution < -0.4 is 5.32 Å². The van der Waals surface area contributed by atoms with Crippen LogP contribution in [-0.4, -0.2) is 48.3 Å². The smallest absolute Gasteiger partial charge is 0.326 e. The molecule has 7 heteroatoms. The molecule has 0 aliphatic carbocycles. The molecule has 2 N–H and O–H groups in total. The van der Waals surface area contributed by atoms with Gasteiger partial charge in [-0.1, -0.05) is 6.92 Å². The van der Waals surface area contributed by atoms with E-state index in [0.29, 0.717) is 13.0 Å². The number of ether oxygens (including phenoxy) is 2. The van der Waals surface area contributed by atoms with Gasteiger partial charge in [0, 0.05) is 6.61 Å². The summed E-state index contributed by atoms with van der Waals surface area (Å²) < 4.78 is 10.0. The lowest BCUT2D eigenvalue weighted by atomic mass is 10.0.